The molecule has 0 aromatic rings. The molecule has 17 heavy (non-hydrogen) atoms. The largest absolute Gasteiger partial charge is 0.393 e. The third-order valence-electron chi connectivity index (χ3n) is 3.33. The van der Waals surface area contributed by atoms with Crippen molar-refractivity contribution in [3.63, 3.8) is 0 Å². The maximum atomic E-state index is 11.7. The standard InChI is InChI=1S/C13H26O4/c1-7-10(14)13(5,6)9(11(15)17-16)8-12(2,3)4/h9-10,14,16H,7-8H2,1-6H3. The van der Waals surface area contributed by atoms with Gasteiger partial charge in [-0.1, -0.05) is 41.5 Å². The number of carbonyl (C=O) groups excluding carboxylic acids is 1. The Morgan fingerprint density at radius 3 is 2.00 bits per heavy atom. The zero-order valence-corrected chi connectivity index (χ0v) is 11.8. The van der Waals surface area contributed by atoms with Crippen molar-refractivity contribution in [2.75, 3.05) is 0 Å². The van der Waals surface area contributed by atoms with Crippen LogP contribution in [0.2, 0.25) is 0 Å². The monoisotopic (exact) mass is 246 g/mol. The molecule has 0 saturated carbocycles. The third kappa shape index (κ3) is 4.64. The van der Waals surface area contributed by atoms with E-state index < -0.39 is 23.4 Å². The summed E-state index contributed by atoms with van der Waals surface area (Å²) in [6.45, 7) is 11.6. The predicted molar refractivity (Wildman–Crippen MR) is 66.4 cm³/mol. The van der Waals surface area contributed by atoms with Crippen LogP contribution in [-0.2, 0) is 9.68 Å². The predicted octanol–water partition coefficient (Wildman–Crippen LogP) is 2.85. The molecule has 0 bridgehead atoms. The maximum absolute atomic E-state index is 11.7. The molecule has 0 aliphatic carbocycles. The lowest BCUT2D eigenvalue weighted by Crippen LogP contribution is -2.42. The fourth-order valence-corrected chi connectivity index (χ4v) is 2.08. The van der Waals surface area contributed by atoms with Crippen molar-refractivity contribution in [1.29, 1.82) is 0 Å². The molecular formula is C13H26O4. The first-order valence-corrected chi connectivity index (χ1v) is 6.09. The molecule has 0 radical (unpaired) electrons. The van der Waals surface area contributed by atoms with Crippen molar-refractivity contribution in [2.45, 2.75) is 60.5 Å². The molecule has 4 nitrogen and oxygen atoms in total. The zero-order valence-electron chi connectivity index (χ0n) is 11.8. The highest BCUT2D eigenvalue weighted by molar-refractivity contribution is 5.72. The van der Waals surface area contributed by atoms with Crippen molar-refractivity contribution in [1.82, 2.24) is 0 Å². The lowest BCUT2D eigenvalue weighted by molar-refractivity contribution is -0.245. The van der Waals surface area contributed by atoms with Crippen LogP contribution in [0, 0.1) is 16.7 Å². The molecule has 2 unspecified atom stereocenters. The van der Waals surface area contributed by atoms with Crippen LogP contribution in [0.25, 0.3) is 0 Å². The molecule has 0 heterocycles. The Balaban J connectivity index is 5.11. The number of carbonyl (C=O) groups is 1. The van der Waals surface area contributed by atoms with E-state index in [0.29, 0.717) is 12.8 Å². The van der Waals surface area contributed by atoms with Gasteiger partial charge in [0.2, 0.25) is 0 Å². The summed E-state index contributed by atoms with van der Waals surface area (Å²) in [5, 5.41) is 18.6. The van der Waals surface area contributed by atoms with E-state index in [1.807, 2.05) is 41.5 Å². The summed E-state index contributed by atoms with van der Waals surface area (Å²) in [4.78, 5) is 15.6. The van der Waals surface area contributed by atoms with Crippen LogP contribution in [0.1, 0.15) is 54.4 Å². The summed E-state index contributed by atoms with van der Waals surface area (Å²) in [6.07, 6.45) is 0.511. The van der Waals surface area contributed by atoms with Gasteiger partial charge in [-0.25, -0.2) is 4.79 Å². The molecule has 0 amide bonds. The molecule has 0 aliphatic heterocycles. The molecule has 4 heteroatoms. The Kier molecular flexibility index (Phi) is 5.62. The zero-order chi connectivity index (χ0) is 13.9. The van der Waals surface area contributed by atoms with Gasteiger partial charge in [0.15, 0.2) is 0 Å². The summed E-state index contributed by atoms with van der Waals surface area (Å²) in [5.41, 5.74) is -0.703. The molecule has 0 aliphatic rings. The van der Waals surface area contributed by atoms with Gasteiger partial charge < -0.3 is 9.99 Å². The number of hydrogen-bond donors (Lipinski definition) is 2. The Hall–Kier alpha value is -0.610. The van der Waals surface area contributed by atoms with Gasteiger partial charge in [0, 0.05) is 5.41 Å². The number of rotatable bonds is 5. The van der Waals surface area contributed by atoms with Gasteiger partial charge in [-0.3, -0.25) is 0 Å². The number of aliphatic hydroxyl groups excluding tert-OH is 1. The fourth-order valence-electron chi connectivity index (χ4n) is 2.08. The van der Waals surface area contributed by atoms with Gasteiger partial charge in [0.1, 0.15) is 0 Å². The first-order valence-electron chi connectivity index (χ1n) is 6.09. The Morgan fingerprint density at radius 1 is 1.24 bits per heavy atom. The van der Waals surface area contributed by atoms with Crippen molar-refractivity contribution in [3.05, 3.63) is 0 Å². The SMILES string of the molecule is CCC(O)C(C)(C)C(CC(C)(C)C)C(=O)OO. The minimum Gasteiger partial charge on any atom is -0.393 e. The lowest BCUT2D eigenvalue weighted by Gasteiger charge is -2.38. The quantitative estimate of drug-likeness (QED) is 0.578. The highest BCUT2D eigenvalue weighted by Crippen LogP contribution is 2.40. The van der Waals surface area contributed by atoms with E-state index in [4.69, 9.17) is 5.26 Å². The minimum absolute atomic E-state index is 0.0798. The van der Waals surface area contributed by atoms with Gasteiger partial charge in [0.25, 0.3) is 0 Å². The van der Waals surface area contributed by atoms with Crippen LogP contribution in [-0.4, -0.2) is 22.4 Å². The van der Waals surface area contributed by atoms with Gasteiger partial charge in [-0.15, -0.1) is 0 Å². The van der Waals surface area contributed by atoms with Gasteiger partial charge in [0.05, 0.1) is 12.0 Å². The highest BCUT2D eigenvalue weighted by Gasteiger charge is 2.43. The average molecular weight is 246 g/mol. The molecule has 2 atom stereocenters. The summed E-state index contributed by atoms with van der Waals surface area (Å²) in [6, 6.07) is 0. The van der Waals surface area contributed by atoms with E-state index in [1.54, 1.807) is 0 Å². The second kappa shape index (κ2) is 5.83. The summed E-state index contributed by atoms with van der Waals surface area (Å²) in [7, 11) is 0. The van der Waals surface area contributed by atoms with E-state index in [2.05, 4.69) is 4.89 Å². The molecule has 0 fully saturated rings. The number of aliphatic hydroxyl groups is 1. The summed E-state index contributed by atoms with van der Waals surface area (Å²) in [5.74, 6) is -1.19. The summed E-state index contributed by atoms with van der Waals surface area (Å²) >= 11 is 0. The van der Waals surface area contributed by atoms with Crippen molar-refractivity contribution in [2.24, 2.45) is 16.7 Å². The van der Waals surface area contributed by atoms with Crippen LogP contribution in [0.5, 0.6) is 0 Å². The summed E-state index contributed by atoms with van der Waals surface area (Å²) < 4.78 is 0. The van der Waals surface area contributed by atoms with Crippen LogP contribution in [0.4, 0.5) is 0 Å². The smallest absolute Gasteiger partial charge is 0.345 e. The topological polar surface area (TPSA) is 66.8 Å². The minimum atomic E-state index is -0.669. The normalized spacial score (nSPS) is 16.5. The van der Waals surface area contributed by atoms with Crippen molar-refractivity contribution in [3.8, 4) is 0 Å². The number of hydrogen-bond acceptors (Lipinski definition) is 4. The first kappa shape index (κ1) is 16.4. The first-order chi connectivity index (χ1) is 7.56. The van der Waals surface area contributed by atoms with Crippen molar-refractivity contribution >= 4 is 5.97 Å². The van der Waals surface area contributed by atoms with Crippen LogP contribution in [0.3, 0.4) is 0 Å². The Morgan fingerprint density at radius 2 is 1.71 bits per heavy atom. The van der Waals surface area contributed by atoms with E-state index in [9.17, 15) is 9.90 Å². The molecule has 0 rings (SSSR count). The molecule has 0 saturated heterocycles. The maximum Gasteiger partial charge on any atom is 0.345 e. The van der Waals surface area contributed by atoms with Crippen LogP contribution < -0.4 is 0 Å². The molecule has 2 N–H and O–H groups in total. The van der Waals surface area contributed by atoms with Crippen molar-refractivity contribution < 1.29 is 20.0 Å². The second-order valence-electron chi connectivity index (χ2n) is 6.47. The van der Waals surface area contributed by atoms with Gasteiger partial charge >= 0.3 is 5.97 Å². The average Bonchev–Trinajstić information content (AvgIpc) is 2.22. The molecule has 0 aromatic carbocycles. The molecule has 102 valence electrons. The van der Waals surface area contributed by atoms with E-state index >= 15 is 0 Å². The van der Waals surface area contributed by atoms with Gasteiger partial charge in [-0.2, -0.15) is 5.26 Å². The van der Waals surface area contributed by atoms with E-state index in [0.717, 1.165) is 0 Å². The molecular weight excluding hydrogens is 220 g/mol. The second-order valence-corrected chi connectivity index (χ2v) is 6.47. The van der Waals surface area contributed by atoms with Gasteiger partial charge in [-0.05, 0) is 18.3 Å². The van der Waals surface area contributed by atoms with Crippen LogP contribution >= 0.6 is 0 Å². The van der Waals surface area contributed by atoms with Crippen LogP contribution in [0.15, 0.2) is 0 Å². The molecule has 0 spiro atoms. The van der Waals surface area contributed by atoms with E-state index in [-0.39, 0.29) is 5.41 Å². The molecule has 0 aromatic heterocycles. The lowest BCUT2D eigenvalue weighted by atomic mass is 9.68. The Bertz CT molecular complexity index is 253. The fraction of sp³-hybridized carbons (Fsp3) is 0.923. The highest BCUT2D eigenvalue weighted by atomic mass is 17.1. The Labute approximate surface area is 104 Å². The third-order valence-corrected chi connectivity index (χ3v) is 3.33. The van der Waals surface area contributed by atoms with E-state index in [1.165, 1.54) is 0 Å².